The van der Waals surface area contributed by atoms with Crippen LogP contribution in [0.4, 0.5) is 11.4 Å². The number of benzene rings is 4. The molecule has 5 aromatic rings. The Morgan fingerprint density at radius 1 is 0.885 bits per heavy atom. The van der Waals surface area contributed by atoms with Crippen molar-refractivity contribution < 1.29 is 23.9 Å². The highest BCUT2D eigenvalue weighted by atomic mass is 16.5. The van der Waals surface area contributed by atoms with Crippen molar-refractivity contribution in [3.63, 3.8) is 0 Å². The Morgan fingerprint density at radius 2 is 1.67 bits per heavy atom. The van der Waals surface area contributed by atoms with Gasteiger partial charge in [-0.25, -0.2) is 4.98 Å². The number of imidazole rings is 1. The van der Waals surface area contributed by atoms with Gasteiger partial charge in [0.2, 0.25) is 5.91 Å². The molecule has 11 nitrogen and oxygen atoms in total. The van der Waals surface area contributed by atoms with Crippen LogP contribution in [0.15, 0.2) is 84.9 Å². The molecular weight excluding hydrogens is 656 g/mol. The van der Waals surface area contributed by atoms with Gasteiger partial charge in [0.15, 0.2) is 0 Å². The van der Waals surface area contributed by atoms with Crippen LogP contribution in [0, 0.1) is 6.92 Å². The number of likely N-dealkylation sites (N-methyl/N-ethyl adjacent to an activating group) is 1. The average molecular weight is 703 g/mol. The lowest BCUT2D eigenvalue weighted by Gasteiger charge is -2.32. The van der Waals surface area contributed by atoms with Crippen molar-refractivity contribution in [3.05, 3.63) is 102 Å². The lowest BCUT2D eigenvalue weighted by atomic mass is 10.1. The van der Waals surface area contributed by atoms with Crippen LogP contribution in [0.25, 0.3) is 22.4 Å². The summed E-state index contributed by atoms with van der Waals surface area (Å²) in [4.78, 5) is 53.7. The van der Waals surface area contributed by atoms with Gasteiger partial charge in [-0.15, -0.1) is 0 Å². The third kappa shape index (κ3) is 8.43. The monoisotopic (exact) mass is 702 g/mol. The van der Waals surface area contributed by atoms with Gasteiger partial charge in [0, 0.05) is 50.8 Å². The molecule has 0 radical (unpaired) electrons. The summed E-state index contributed by atoms with van der Waals surface area (Å²) in [5.41, 5.74) is 5.09. The molecule has 1 aromatic heterocycles. The number of aryl methyl sites for hydroxylation is 1. The maximum Gasteiger partial charge on any atom is 0.258 e. The molecule has 52 heavy (non-hydrogen) atoms. The summed E-state index contributed by atoms with van der Waals surface area (Å²) in [6.45, 7) is 5.91. The summed E-state index contributed by atoms with van der Waals surface area (Å²) in [6.07, 6.45) is 3.05. The topological polar surface area (TPSA) is 120 Å². The number of ether oxygens (including phenoxy) is 2. The molecule has 0 unspecified atom stereocenters. The quantitative estimate of drug-likeness (QED) is 0.130. The zero-order chi connectivity index (χ0) is 36.6. The predicted octanol–water partition coefficient (Wildman–Crippen LogP) is 6.79. The molecule has 0 saturated carbocycles. The number of nitrogens with one attached hydrogen (secondary N) is 2. The van der Waals surface area contributed by atoms with Crippen molar-refractivity contribution >= 4 is 40.1 Å². The number of carbonyl (C=O) groups excluding carboxylic acids is 3. The fraction of sp³-hybridized carbons (Fsp3) is 0.317. The minimum atomic E-state index is -0.353. The summed E-state index contributed by atoms with van der Waals surface area (Å²) in [6, 6.07) is 25.8. The van der Waals surface area contributed by atoms with Gasteiger partial charge in [-0.2, -0.15) is 0 Å². The molecule has 6 rings (SSSR count). The second-order valence-corrected chi connectivity index (χ2v) is 13.2. The van der Waals surface area contributed by atoms with E-state index in [0.717, 1.165) is 62.1 Å². The fourth-order valence-corrected chi connectivity index (χ4v) is 6.33. The molecule has 0 bridgehead atoms. The second-order valence-electron chi connectivity index (χ2n) is 13.2. The zero-order valence-corrected chi connectivity index (χ0v) is 30.3. The van der Waals surface area contributed by atoms with Crippen molar-refractivity contribution in [2.24, 2.45) is 0 Å². The van der Waals surface area contributed by atoms with E-state index in [2.05, 4.69) is 22.2 Å². The van der Waals surface area contributed by atoms with E-state index >= 15 is 0 Å². The molecular formula is C41H46N6O5. The number of aromatic nitrogens is 2. The van der Waals surface area contributed by atoms with Gasteiger partial charge in [0.1, 0.15) is 22.8 Å². The largest absolute Gasteiger partial charge is 0.495 e. The van der Waals surface area contributed by atoms with E-state index in [0.29, 0.717) is 58.4 Å². The van der Waals surface area contributed by atoms with Crippen LogP contribution >= 0.6 is 0 Å². The Labute approximate surface area is 304 Å². The van der Waals surface area contributed by atoms with E-state index in [1.54, 1.807) is 42.3 Å². The highest BCUT2D eigenvalue weighted by Crippen LogP contribution is 2.33. The van der Waals surface area contributed by atoms with E-state index in [1.807, 2.05) is 66.4 Å². The molecule has 270 valence electrons. The van der Waals surface area contributed by atoms with Crippen LogP contribution in [0.5, 0.6) is 11.5 Å². The normalized spacial score (nSPS) is 13.2. The van der Waals surface area contributed by atoms with Crippen molar-refractivity contribution in [2.45, 2.75) is 32.6 Å². The highest BCUT2D eigenvalue weighted by Gasteiger charge is 2.22. The number of aromatic amines is 1. The van der Waals surface area contributed by atoms with Gasteiger partial charge in [0.05, 0.1) is 36.2 Å². The Balaban J connectivity index is 1.08. The van der Waals surface area contributed by atoms with E-state index in [-0.39, 0.29) is 17.7 Å². The number of hydrogen-bond donors (Lipinski definition) is 2. The molecule has 0 aliphatic carbocycles. The van der Waals surface area contributed by atoms with Crippen LogP contribution in [0.2, 0.25) is 0 Å². The smallest absolute Gasteiger partial charge is 0.258 e. The maximum absolute atomic E-state index is 13.8. The van der Waals surface area contributed by atoms with Crippen molar-refractivity contribution in [1.82, 2.24) is 19.8 Å². The number of fused-ring (bicyclic) bond motifs is 1. The van der Waals surface area contributed by atoms with E-state index in [9.17, 15) is 14.4 Å². The molecule has 1 aliphatic rings. The minimum absolute atomic E-state index is 0.228. The molecule has 11 heteroatoms. The summed E-state index contributed by atoms with van der Waals surface area (Å²) in [5, 5.41) is 2.94. The third-order valence-electron chi connectivity index (χ3n) is 9.43. The highest BCUT2D eigenvalue weighted by molar-refractivity contribution is 6.13. The van der Waals surface area contributed by atoms with Gasteiger partial charge in [-0.3, -0.25) is 14.4 Å². The van der Waals surface area contributed by atoms with Gasteiger partial charge in [0.25, 0.3) is 11.8 Å². The van der Waals surface area contributed by atoms with Gasteiger partial charge < -0.3 is 34.5 Å². The van der Waals surface area contributed by atoms with Crippen LogP contribution in [0.1, 0.15) is 52.0 Å². The predicted molar refractivity (Wildman–Crippen MR) is 204 cm³/mol. The number of hydrogen-bond acceptors (Lipinski definition) is 7. The van der Waals surface area contributed by atoms with E-state index in [1.165, 1.54) is 7.11 Å². The first-order valence-electron chi connectivity index (χ1n) is 17.7. The molecule has 3 amide bonds. The SMILES string of the molecule is COc1cc(C(=O)N(C)c2ccc(C)cc2OCCCCCC(=O)N2CCN(C)CC2)ccc1NC(=O)c1cccc2[nH]c(-c3ccccc3)nc12. The lowest BCUT2D eigenvalue weighted by molar-refractivity contribution is -0.132. The number of amides is 3. The molecule has 0 spiro atoms. The number of piperazine rings is 1. The van der Waals surface area contributed by atoms with Crippen LogP contribution in [-0.2, 0) is 4.79 Å². The third-order valence-corrected chi connectivity index (χ3v) is 9.43. The summed E-state index contributed by atoms with van der Waals surface area (Å²) >= 11 is 0. The molecule has 0 atom stereocenters. The first-order chi connectivity index (χ1) is 25.2. The number of rotatable bonds is 13. The van der Waals surface area contributed by atoms with Crippen molar-refractivity contribution in [3.8, 4) is 22.9 Å². The lowest BCUT2D eigenvalue weighted by Crippen LogP contribution is -2.47. The van der Waals surface area contributed by atoms with Gasteiger partial charge in [-0.1, -0.05) is 42.5 Å². The Morgan fingerprint density at radius 3 is 2.44 bits per heavy atom. The number of anilines is 2. The van der Waals surface area contributed by atoms with Gasteiger partial charge in [-0.05, 0) is 81.3 Å². The van der Waals surface area contributed by atoms with E-state index < -0.39 is 0 Å². The van der Waals surface area contributed by atoms with Crippen LogP contribution < -0.4 is 19.7 Å². The average Bonchev–Trinajstić information content (AvgIpc) is 3.61. The summed E-state index contributed by atoms with van der Waals surface area (Å²) in [7, 11) is 5.29. The second kappa shape index (κ2) is 16.6. The maximum atomic E-state index is 13.8. The zero-order valence-electron chi connectivity index (χ0n) is 30.3. The molecule has 1 fully saturated rings. The van der Waals surface area contributed by atoms with Crippen molar-refractivity contribution in [1.29, 1.82) is 0 Å². The van der Waals surface area contributed by atoms with Gasteiger partial charge >= 0.3 is 0 Å². The fourth-order valence-electron chi connectivity index (χ4n) is 6.33. The number of H-pyrrole nitrogens is 1. The first kappa shape index (κ1) is 36.1. The molecule has 2 N–H and O–H groups in total. The first-order valence-corrected chi connectivity index (χ1v) is 17.7. The Bertz CT molecular complexity index is 2040. The van der Waals surface area contributed by atoms with Crippen LogP contribution in [-0.4, -0.2) is 91.5 Å². The molecule has 1 saturated heterocycles. The molecule has 4 aromatic carbocycles. The number of carbonyl (C=O) groups is 3. The van der Waals surface area contributed by atoms with E-state index in [4.69, 9.17) is 14.5 Å². The number of unbranched alkanes of at least 4 members (excludes halogenated alkanes) is 2. The summed E-state index contributed by atoms with van der Waals surface area (Å²) < 4.78 is 11.8. The number of nitrogens with zero attached hydrogens (tertiary/aromatic N) is 4. The Kier molecular flexibility index (Phi) is 11.5. The van der Waals surface area contributed by atoms with Crippen LogP contribution in [0.3, 0.4) is 0 Å². The summed E-state index contributed by atoms with van der Waals surface area (Å²) in [5.74, 6) is 1.25. The Hall–Kier alpha value is -5.68. The van der Waals surface area contributed by atoms with Crippen molar-refractivity contribution in [2.75, 3.05) is 64.2 Å². The number of para-hydroxylation sites is 1. The standard InChI is InChI=1S/C41H46N6O5/c1-28-17-20-34(36(26-28)52-25-10-6-9-16-37(48)47-23-21-45(2)22-24-47)46(3)41(50)30-18-19-32(35(27-30)51-4)43-40(49)31-14-11-15-33-38(31)44-39(42-33)29-12-7-5-8-13-29/h5,7-8,11-15,17-20,26-27H,6,9-10,16,21-25H2,1-4H3,(H,42,44)(H,43,49). The molecule has 2 heterocycles. The molecule has 1 aliphatic heterocycles. The minimum Gasteiger partial charge on any atom is -0.495 e. The number of methoxy groups -OCH3 is 1.